The number of thioether (sulfide) groups is 1. The zero-order valence-corrected chi connectivity index (χ0v) is 13.9. The third-order valence-electron chi connectivity index (χ3n) is 3.32. The van der Waals surface area contributed by atoms with Crippen molar-refractivity contribution < 1.29 is 26.4 Å². The Bertz CT molecular complexity index is 702. The van der Waals surface area contributed by atoms with E-state index in [9.17, 15) is 26.4 Å². The minimum absolute atomic E-state index is 0.0255. The van der Waals surface area contributed by atoms with Gasteiger partial charge < -0.3 is 9.88 Å². The predicted octanol–water partition coefficient (Wildman–Crippen LogP) is 0.618. The van der Waals surface area contributed by atoms with E-state index in [0.717, 1.165) is 16.3 Å². The Balaban J connectivity index is 1.98. The number of carbonyl (C=O) groups excluding carboxylic acids is 1. The molecule has 1 N–H and O–H groups in total. The Morgan fingerprint density at radius 1 is 1.43 bits per heavy atom. The average Bonchev–Trinajstić information content (AvgIpc) is 2.92. The van der Waals surface area contributed by atoms with Crippen molar-refractivity contribution in [2.24, 2.45) is 7.05 Å². The molecule has 0 saturated carbocycles. The van der Waals surface area contributed by atoms with E-state index in [1.54, 1.807) is 0 Å². The monoisotopic (exact) mass is 372 g/mol. The van der Waals surface area contributed by atoms with Gasteiger partial charge >= 0.3 is 6.18 Å². The molecule has 0 aromatic carbocycles. The zero-order valence-electron chi connectivity index (χ0n) is 12.3. The van der Waals surface area contributed by atoms with E-state index in [2.05, 4.69) is 15.5 Å². The van der Waals surface area contributed by atoms with Crippen LogP contribution in [0.25, 0.3) is 0 Å². The molecule has 1 saturated heterocycles. The van der Waals surface area contributed by atoms with Crippen molar-refractivity contribution >= 4 is 27.5 Å². The molecule has 130 valence electrons. The van der Waals surface area contributed by atoms with E-state index >= 15 is 0 Å². The number of nitrogens with one attached hydrogen (secondary N) is 1. The van der Waals surface area contributed by atoms with Gasteiger partial charge in [0.2, 0.25) is 11.7 Å². The van der Waals surface area contributed by atoms with E-state index in [4.69, 9.17) is 0 Å². The van der Waals surface area contributed by atoms with Crippen molar-refractivity contribution in [2.75, 3.05) is 11.5 Å². The molecule has 2 heterocycles. The molecule has 1 aromatic rings. The molecule has 1 aromatic heterocycles. The van der Waals surface area contributed by atoms with Crippen molar-refractivity contribution in [1.29, 1.82) is 0 Å². The molecule has 1 aliphatic heterocycles. The highest BCUT2D eigenvalue weighted by atomic mass is 32.2. The van der Waals surface area contributed by atoms with Gasteiger partial charge in [-0.05, 0) is 13.3 Å². The van der Waals surface area contributed by atoms with Gasteiger partial charge in [-0.3, -0.25) is 4.79 Å². The van der Waals surface area contributed by atoms with Crippen LogP contribution in [0, 0.1) is 0 Å². The molecule has 1 amide bonds. The zero-order chi connectivity index (χ0) is 17.4. The fraction of sp³-hybridized carbons (Fsp3) is 0.727. The summed E-state index contributed by atoms with van der Waals surface area (Å²) < 4.78 is 61.4. The molecule has 0 radical (unpaired) electrons. The number of amides is 1. The van der Waals surface area contributed by atoms with Gasteiger partial charge in [-0.15, -0.1) is 10.2 Å². The quantitative estimate of drug-likeness (QED) is 0.779. The molecule has 0 bridgehead atoms. The summed E-state index contributed by atoms with van der Waals surface area (Å²) in [4.78, 5) is 12.0. The number of nitrogens with zero attached hydrogens (tertiary/aromatic N) is 3. The molecular formula is C11H15F3N4O3S2. The molecule has 1 fully saturated rings. The van der Waals surface area contributed by atoms with Gasteiger partial charge in [0.15, 0.2) is 15.0 Å². The van der Waals surface area contributed by atoms with Crippen LogP contribution < -0.4 is 5.32 Å². The molecule has 2 rings (SSSR count). The number of aromatic nitrogens is 3. The van der Waals surface area contributed by atoms with Gasteiger partial charge in [0, 0.05) is 13.1 Å². The van der Waals surface area contributed by atoms with Crippen LogP contribution in [-0.2, 0) is 27.9 Å². The number of sulfone groups is 1. The first-order chi connectivity index (χ1) is 10.5. The highest BCUT2D eigenvalue weighted by Crippen LogP contribution is 2.30. The SMILES string of the molecule is C[C@H](Sc1nnc(C(F)(F)F)n1C)C(=O)N[C@H]1CCS(=O)(=O)C1. The normalized spacial score (nSPS) is 22.0. The number of halogens is 3. The molecule has 1 aliphatic rings. The largest absolute Gasteiger partial charge is 0.451 e. The molecule has 12 heteroatoms. The maximum Gasteiger partial charge on any atom is 0.451 e. The lowest BCUT2D eigenvalue weighted by Crippen LogP contribution is -2.40. The van der Waals surface area contributed by atoms with Crippen LogP contribution in [0.15, 0.2) is 5.16 Å². The summed E-state index contributed by atoms with van der Waals surface area (Å²) in [5.74, 6) is -1.68. The van der Waals surface area contributed by atoms with Gasteiger partial charge in [0.05, 0.1) is 16.8 Å². The summed E-state index contributed by atoms with van der Waals surface area (Å²) in [5, 5.41) is 8.33. The Morgan fingerprint density at radius 3 is 2.57 bits per heavy atom. The lowest BCUT2D eigenvalue weighted by molar-refractivity contribution is -0.147. The minimum Gasteiger partial charge on any atom is -0.351 e. The van der Waals surface area contributed by atoms with E-state index in [0.29, 0.717) is 6.42 Å². The van der Waals surface area contributed by atoms with Crippen LogP contribution in [0.2, 0.25) is 0 Å². The highest BCUT2D eigenvalue weighted by Gasteiger charge is 2.38. The van der Waals surface area contributed by atoms with Crippen LogP contribution in [0.4, 0.5) is 13.2 Å². The summed E-state index contributed by atoms with van der Waals surface area (Å²) >= 11 is 0.826. The van der Waals surface area contributed by atoms with Crippen molar-refractivity contribution in [3.63, 3.8) is 0 Å². The molecule has 0 aliphatic carbocycles. The van der Waals surface area contributed by atoms with Gasteiger partial charge in [0.1, 0.15) is 0 Å². The summed E-state index contributed by atoms with van der Waals surface area (Å²) in [6, 6.07) is -0.458. The highest BCUT2D eigenvalue weighted by molar-refractivity contribution is 8.00. The maximum absolute atomic E-state index is 12.6. The van der Waals surface area contributed by atoms with E-state index in [-0.39, 0.29) is 16.7 Å². The first-order valence-electron chi connectivity index (χ1n) is 6.63. The topological polar surface area (TPSA) is 93.9 Å². The number of rotatable bonds is 4. The van der Waals surface area contributed by atoms with Crippen molar-refractivity contribution in [2.45, 2.75) is 36.0 Å². The first kappa shape index (κ1) is 18.0. The lowest BCUT2D eigenvalue weighted by atomic mass is 10.2. The third-order valence-corrected chi connectivity index (χ3v) is 6.22. The number of carbonyl (C=O) groups is 1. The van der Waals surface area contributed by atoms with Gasteiger partial charge in [-0.1, -0.05) is 11.8 Å². The summed E-state index contributed by atoms with van der Waals surface area (Å²) in [5.41, 5.74) is 0. The average molecular weight is 372 g/mol. The standard InChI is InChI=1S/C11H15F3N4O3S2/c1-6(8(19)15-7-3-4-23(20,21)5-7)22-10-17-16-9(18(10)2)11(12,13)14/h6-7H,3-5H2,1-2H3,(H,15,19)/t6-,7-/m0/s1. The van der Waals surface area contributed by atoms with Crippen molar-refractivity contribution in [3.05, 3.63) is 5.82 Å². The Kier molecular flexibility index (Phi) is 4.95. The second-order valence-electron chi connectivity index (χ2n) is 5.23. The van der Waals surface area contributed by atoms with Crippen LogP contribution >= 0.6 is 11.8 Å². The van der Waals surface area contributed by atoms with E-state index < -0.39 is 39.0 Å². The lowest BCUT2D eigenvalue weighted by Gasteiger charge is -2.15. The van der Waals surface area contributed by atoms with Crippen LogP contribution in [-0.4, -0.2) is 51.9 Å². The van der Waals surface area contributed by atoms with Gasteiger partial charge in [-0.25, -0.2) is 8.42 Å². The fourth-order valence-corrected chi connectivity index (χ4v) is 4.60. The van der Waals surface area contributed by atoms with Crippen LogP contribution in [0.3, 0.4) is 0 Å². The molecule has 23 heavy (non-hydrogen) atoms. The number of alkyl halides is 3. The Hall–Kier alpha value is -1.30. The second kappa shape index (κ2) is 6.30. The smallest absolute Gasteiger partial charge is 0.351 e. The summed E-state index contributed by atoms with van der Waals surface area (Å²) in [6.45, 7) is 1.51. The predicted molar refractivity (Wildman–Crippen MR) is 76.5 cm³/mol. The Morgan fingerprint density at radius 2 is 2.09 bits per heavy atom. The van der Waals surface area contributed by atoms with Gasteiger partial charge in [0.25, 0.3) is 0 Å². The molecule has 0 unspecified atom stereocenters. The maximum atomic E-state index is 12.6. The van der Waals surface area contributed by atoms with Crippen LogP contribution in [0.1, 0.15) is 19.2 Å². The Labute approximate surface area is 134 Å². The fourth-order valence-electron chi connectivity index (χ4n) is 2.10. The van der Waals surface area contributed by atoms with Crippen molar-refractivity contribution in [1.82, 2.24) is 20.1 Å². The third kappa shape index (κ3) is 4.37. The molecule has 0 spiro atoms. The van der Waals surface area contributed by atoms with Crippen LogP contribution in [0.5, 0.6) is 0 Å². The van der Waals surface area contributed by atoms with Gasteiger partial charge in [-0.2, -0.15) is 13.2 Å². The molecular weight excluding hydrogens is 357 g/mol. The van der Waals surface area contributed by atoms with Crippen molar-refractivity contribution in [3.8, 4) is 0 Å². The summed E-state index contributed by atoms with van der Waals surface area (Å²) in [7, 11) is -1.95. The minimum atomic E-state index is -4.62. The summed E-state index contributed by atoms with van der Waals surface area (Å²) in [6.07, 6.45) is -4.28. The number of hydrogen-bond donors (Lipinski definition) is 1. The molecule has 2 atom stereocenters. The number of hydrogen-bond acceptors (Lipinski definition) is 6. The van der Waals surface area contributed by atoms with E-state index in [1.807, 2.05) is 0 Å². The van der Waals surface area contributed by atoms with E-state index in [1.165, 1.54) is 14.0 Å². The first-order valence-corrected chi connectivity index (χ1v) is 9.34. The molecule has 7 nitrogen and oxygen atoms in total. The second-order valence-corrected chi connectivity index (χ2v) is 8.77.